The molecule has 2 N–H and O–H groups in total. The maximum Gasteiger partial charge on any atom is 0.273 e. The number of nitrogens with two attached hydrogens (primary N) is 1. The molecule has 1 aromatic heterocycles. The highest BCUT2D eigenvalue weighted by molar-refractivity contribution is 5.33. The molecule has 0 saturated heterocycles. The average Bonchev–Trinajstić information content (AvgIpc) is 2.23. The molecule has 1 saturated carbocycles. The lowest BCUT2D eigenvalue weighted by Gasteiger charge is -2.30. The highest BCUT2D eigenvalue weighted by Crippen LogP contribution is 2.32. The zero-order valence-electron chi connectivity index (χ0n) is 9.15. The molecule has 82 valence electrons. The summed E-state index contributed by atoms with van der Waals surface area (Å²) < 4.78 is 1.82. The van der Waals surface area contributed by atoms with E-state index in [9.17, 15) is 4.79 Å². The maximum atomic E-state index is 11.9. The van der Waals surface area contributed by atoms with E-state index in [1.807, 2.05) is 16.8 Å². The van der Waals surface area contributed by atoms with Crippen molar-refractivity contribution in [2.24, 2.45) is 5.92 Å². The predicted molar refractivity (Wildman–Crippen MR) is 61.8 cm³/mol. The fraction of sp³-hybridized carbons (Fsp3) is 0.583. The number of anilines is 1. The number of hydrogen-bond donors (Lipinski definition) is 1. The normalized spacial score (nSPS) is 26.5. The van der Waals surface area contributed by atoms with Crippen LogP contribution in [0.1, 0.15) is 38.6 Å². The zero-order valence-corrected chi connectivity index (χ0v) is 9.15. The van der Waals surface area contributed by atoms with Crippen LogP contribution < -0.4 is 11.3 Å². The summed E-state index contributed by atoms with van der Waals surface area (Å²) in [6.45, 7) is 2.22. The van der Waals surface area contributed by atoms with Gasteiger partial charge in [-0.25, -0.2) is 0 Å². The number of hydrogen-bond acceptors (Lipinski definition) is 2. The van der Waals surface area contributed by atoms with Crippen molar-refractivity contribution in [2.45, 2.75) is 38.6 Å². The third-order valence-electron chi connectivity index (χ3n) is 3.43. The van der Waals surface area contributed by atoms with E-state index in [4.69, 9.17) is 5.73 Å². The average molecular weight is 206 g/mol. The summed E-state index contributed by atoms with van der Waals surface area (Å²) in [5.74, 6) is 0.582. The standard InChI is InChI=1S/C12H18N2O/c1-9-5-2-3-7-11(9)14-8-4-6-10(13)12(14)15/h4,6,8-9,11H,2-3,5,7,13H2,1H3. The summed E-state index contributed by atoms with van der Waals surface area (Å²) in [7, 11) is 0. The first-order valence-electron chi connectivity index (χ1n) is 5.67. The van der Waals surface area contributed by atoms with E-state index in [1.165, 1.54) is 19.3 Å². The molecular weight excluding hydrogens is 188 g/mol. The van der Waals surface area contributed by atoms with Crippen LogP contribution in [0.2, 0.25) is 0 Å². The molecule has 2 unspecified atom stereocenters. The predicted octanol–water partition coefficient (Wildman–Crippen LogP) is 2.18. The molecule has 0 radical (unpaired) electrons. The lowest BCUT2D eigenvalue weighted by atomic mass is 9.85. The Bertz CT molecular complexity index is 397. The van der Waals surface area contributed by atoms with E-state index < -0.39 is 0 Å². The van der Waals surface area contributed by atoms with E-state index >= 15 is 0 Å². The minimum atomic E-state index is -0.0312. The minimum Gasteiger partial charge on any atom is -0.394 e. The lowest BCUT2D eigenvalue weighted by Crippen LogP contribution is -2.31. The first kappa shape index (κ1) is 10.3. The second-order valence-electron chi connectivity index (χ2n) is 4.51. The Hall–Kier alpha value is -1.25. The Morgan fingerprint density at radius 1 is 1.40 bits per heavy atom. The summed E-state index contributed by atoms with van der Waals surface area (Å²) in [4.78, 5) is 11.9. The van der Waals surface area contributed by atoms with Gasteiger partial charge in [-0.3, -0.25) is 4.79 Å². The lowest BCUT2D eigenvalue weighted by molar-refractivity contribution is 0.252. The fourth-order valence-corrected chi connectivity index (χ4v) is 2.50. The first-order chi connectivity index (χ1) is 7.20. The SMILES string of the molecule is CC1CCCCC1n1cccc(N)c1=O. The molecule has 0 amide bonds. The smallest absolute Gasteiger partial charge is 0.273 e. The highest BCUT2D eigenvalue weighted by atomic mass is 16.1. The molecule has 1 aliphatic rings. The largest absolute Gasteiger partial charge is 0.394 e. The Balaban J connectivity index is 2.36. The van der Waals surface area contributed by atoms with Gasteiger partial charge in [-0.15, -0.1) is 0 Å². The van der Waals surface area contributed by atoms with Crippen molar-refractivity contribution in [1.82, 2.24) is 4.57 Å². The molecule has 3 nitrogen and oxygen atoms in total. The number of aromatic nitrogens is 1. The molecule has 0 aliphatic heterocycles. The van der Waals surface area contributed by atoms with Crippen molar-refractivity contribution in [3.05, 3.63) is 28.7 Å². The molecule has 15 heavy (non-hydrogen) atoms. The number of rotatable bonds is 1. The molecule has 1 fully saturated rings. The Kier molecular flexibility index (Phi) is 2.80. The van der Waals surface area contributed by atoms with Gasteiger partial charge in [-0.1, -0.05) is 19.8 Å². The van der Waals surface area contributed by atoms with Crippen LogP contribution in [0.5, 0.6) is 0 Å². The molecule has 2 rings (SSSR count). The summed E-state index contributed by atoms with van der Waals surface area (Å²) in [5, 5.41) is 0. The van der Waals surface area contributed by atoms with Crippen molar-refractivity contribution < 1.29 is 0 Å². The third kappa shape index (κ3) is 1.91. The van der Waals surface area contributed by atoms with Crippen molar-refractivity contribution in [3.63, 3.8) is 0 Å². The minimum absolute atomic E-state index is 0.0312. The number of nitrogen functional groups attached to an aromatic ring is 1. The van der Waals surface area contributed by atoms with Gasteiger partial charge in [-0.2, -0.15) is 0 Å². The van der Waals surface area contributed by atoms with Gasteiger partial charge in [-0.05, 0) is 30.9 Å². The van der Waals surface area contributed by atoms with Crippen molar-refractivity contribution in [3.8, 4) is 0 Å². The van der Waals surface area contributed by atoms with Gasteiger partial charge in [0.1, 0.15) is 0 Å². The van der Waals surface area contributed by atoms with Gasteiger partial charge >= 0.3 is 0 Å². The topological polar surface area (TPSA) is 48.0 Å². The molecule has 1 aliphatic carbocycles. The summed E-state index contributed by atoms with van der Waals surface area (Å²) >= 11 is 0. The molecule has 2 atom stereocenters. The van der Waals surface area contributed by atoms with E-state index in [0.29, 0.717) is 17.6 Å². The highest BCUT2D eigenvalue weighted by Gasteiger charge is 2.23. The van der Waals surface area contributed by atoms with Gasteiger partial charge < -0.3 is 10.3 Å². The van der Waals surface area contributed by atoms with Crippen molar-refractivity contribution >= 4 is 5.69 Å². The molecule has 0 aromatic carbocycles. The summed E-state index contributed by atoms with van der Waals surface area (Å²) in [6.07, 6.45) is 6.69. The van der Waals surface area contributed by atoms with E-state index in [0.717, 1.165) is 6.42 Å². The van der Waals surface area contributed by atoms with E-state index in [2.05, 4.69) is 6.92 Å². The maximum absolute atomic E-state index is 11.9. The van der Waals surface area contributed by atoms with Crippen LogP contribution >= 0.6 is 0 Å². The number of nitrogens with zero attached hydrogens (tertiary/aromatic N) is 1. The summed E-state index contributed by atoms with van der Waals surface area (Å²) in [5.41, 5.74) is 5.96. The second-order valence-corrected chi connectivity index (χ2v) is 4.51. The molecule has 0 spiro atoms. The van der Waals surface area contributed by atoms with Crippen molar-refractivity contribution in [1.29, 1.82) is 0 Å². The quantitative estimate of drug-likeness (QED) is 0.765. The van der Waals surface area contributed by atoms with Crippen LogP contribution in [-0.4, -0.2) is 4.57 Å². The van der Waals surface area contributed by atoms with Crippen LogP contribution in [0.3, 0.4) is 0 Å². The molecule has 1 heterocycles. The van der Waals surface area contributed by atoms with Crippen LogP contribution in [0.4, 0.5) is 5.69 Å². The first-order valence-corrected chi connectivity index (χ1v) is 5.67. The monoisotopic (exact) mass is 206 g/mol. The Labute approximate surface area is 89.9 Å². The van der Waals surface area contributed by atoms with Crippen LogP contribution in [0.25, 0.3) is 0 Å². The van der Waals surface area contributed by atoms with E-state index in [1.54, 1.807) is 6.07 Å². The molecular formula is C12H18N2O. The summed E-state index contributed by atoms with van der Waals surface area (Å²) in [6, 6.07) is 3.87. The van der Waals surface area contributed by atoms with Gasteiger partial charge in [0.2, 0.25) is 0 Å². The van der Waals surface area contributed by atoms with Crippen molar-refractivity contribution in [2.75, 3.05) is 5.73 Å². The fourth-order valence-electron chi connectivity index (χ4n) is 2.50. The van der Waals surface area contributed by atoms with E-state index in [-0.39, 0.29) is 5.56 Å². The van der Waals surface area contributed by atoms with Gasteiger partial charge in [0.05, 0.1) is 5.69 Å². The third-order valence-corrected chi connectivity index (χ3v) is 3.43. The number of pyridine rings is 1. The Morgan fingerprint density at radius 3 is 2.87 bits per heavy atom. The van der Waals surface area contributed by atoms with Gasteiger partial charge in [0.25, 0.3) is 5.56 Å². The molecule has 3 heteroatoms. The van der Waals surface area contributed by atoms with Gasteiger partial charge in [0.15, 0.2) is 0 Å². The van der Waals surface area contributed by atoms with Crippen LogP contribution in [0.15, 0.2) is 23.1 Å². The molecule has 0 bridgehead atoms. The Morgan fingerprint density at radius 2 is 2.13 bits per heavy atom. The van der Waals surface area contributed by atoms with Crippen LogP contribution in [-0.2, 0) is 0 Å². The second kappa shape index (κ2) is 4.09. The van der Waals surface area contributed by atoms with Gasteiger partial charge in [0, 0.05) is 12.2 Å². The zero-order chi connectivity index (χ0) is 10.8. The van der Waals surface area contributed by atoms with Crippen LogP contribution in [0, 0.1) is 5.92 Å². The molecule has 1 aromatic rings.